The Kier molecular flexibility index (Phi) is 2.86. The van der Waals surface area contributed by atoms with Crippen molar-refractivity contribution in [3.8, 4) is 0 Å². The van der Waals surface area contributed by atoms with Gasteiger partial charge in [-0.05, 0) is 56.3 Å². The summed E-state index contributed by atoms with van der Waals surface area (Å²) in [6.45, 7) is 3.50. The van der Waals surface area contributed by atoms with E-state index in [-0.39, 0.29) is 5.54 Å². The third-order valence-electron chi connectivity index (χ3n) is 5.08. The Labute approximate surface area is 120 Å². The van der Waals surface area contributed by atoms with Crippen LogP contribution in [-0.2, 0) is 0 Å². The Bertz CT molecular complexity index is 603. The summed E-state index contributed by atoms with van der Waals surface area (Å²) >= 11 is 0. The zero-order chi connectivity index (χ0) is 13.6. The number of para-hydroxylation sites is 1. The SMILES string of the molecule is NC1(CN2CCC(c3c[nH]c4ccccc34)CC2)CC1. The number of nitrogens with zero attached hydrogens (tertiary/aromatic N) is 1. The van der Waals surface area contributed by atoms with Gasteiger partial charge in [0.1, 0.15) is 0 Å². The second-order valence-electron chi connectivity index (χ2n) is 6.70. The van der Waals surface area contributed by atoms with Gasteiger partial charge in [0, 0.05) is 29.2 Å². The van der Waals surface area contributed by atoms with Crippen LogP contribution in [0.5, 0.6) is 0 Å². The van der Waals surface area contributed by atoms with E-state index in [1.807, 2.05) is 0 Å². The number of hydrogen-bond acceptors (Lipinski definition) is 2. The molecule has 3 N–H and O–H groups in total. The van der Waals surface area contributed by atoms with Crippen LogP contribution in [-0.4, -0.2) is 35.1 Å². The monoisotopic (exact) mass is 269 g/mol. The fourth-order valence-corrected chi connectivity index (χ4v) is 3.60. The summed E-state index contributed by atoms with van der Waals surface area (Å²) in [6, 6.07) is 8.65. The molecule has 1 aromatic carbocycles. The number of nitrogens with one attached hydrogen (secondary N) is 1. The predicted octanol–water partition coefficient (Wildman–Crippen LogP) is 2.84. The van der Waals surface area contributed by atoms with E-state index in [0.717, 1.165) is 6.54 Å². The smallest absolute Gasteiger partial charge is 0.0456 e. The van der Waals surface area contributed by atoms with Gasteiger partial charge in [-0.3, -0.25) is 0 Å². The van der Waals surface area contributed by atoms with Gasteiger partial charge in [-0.25, -0.2) is 0 Å². The molecular weight excluding hydrogens is 246 g/mol. The fourth-order valence-electron chi connectivity index (χ4n) is 3.60. The number of aromatic amines is 1. The Morgan fingerprint density at radius 2 is 1.95 bits per heavy atom. The van der Waals surface area contributed by atoms with Crippen LogP contribution in [0.1, 0.15) is 37.2 Å². The van der Waals surface area contributed by atoms with Crippen LogP contribution in [0.2, 0.25) is 0 Å². The lowest BCUT2D eigenvalue weighted by Crippen LogP contribution is -2.43. The van der Waals surface area contributed by atoms with E-state index in [9.17, 15) is 0 Å². The van der Waals surface area contributed by atoms with Crippen LogP contribution in [0.4, 0.5) is 0 Å². The molecule has 1 saturated heterocycles. The number of benzene rings is 1. The second-order valence-corrected chi connectivity index (χ2v) is 6.70. The lowest BCUT2D eigenvalue weighted by atomic mass is 9.89. The number of fused-ring (bicyclic) bond motifs is 1. The molecule has 0 bridgehead atoms. The van der Waals surface area contributed by atoms with E-state index in [4.69, 9.17) is 5.73 Å². The van der Waals surface area contributed by atoms with Gasteiger partial charge in [0.05, 0.1) is 0 Å². The third kappa shape index (κ3) is 2.25. The zero-order valence-corrected chi connectivity index (χ0v) is 11.9. The number of hydrogen-bond donors (Lipinski definition) is 2. The molecule has 3 nitrogen and oxygen atoms in total. The van der Waals surface area contributed by atoms with Crippen molar-refractivity contribution in [2.75, 3.05) is 19.6 Å². The summed E-state index contributed by atoms with van der Waals surface area (Å²) in [5.74, 6) is 0.704. The Morgan fingerprint density at radius 3 is 2.70 bits per heavy atom. The van der Waals surface area contributed by atoms with Crippen molar-refractivity contribution in [3.05, 3.63) is 36.0 Å². The van der Waals surface area contributed by atoms with Crippen LogP contribution in [0.25, 0.3) is 10.9 Å². The quantitative estimate of drug-likeness (QED) is 0.900. The van der Waals surface area contributed by atoms with Crippen molar-refractivity contribution in [1.82, 2.24) is 9.88 Å². The van der Waals surface area contributed by atoms with Crippen molar-refractivity contribution < 1.29 is 0 Å². The van der Waals surface area contributed by atoms with Gasteiger partial charge in [-0.2, -0.15) is 0 Å². The summed E-state index contributed by atoms with van der Waals surface area (Å²) in [5.41, 5.74) is 9.17. The Morgan fingerprint density at radius 1 is 1.20 bits per heavy atom. The highest BCUT2D eigenvalue weighted by Crippen LogP contribution is 2.36. The lowest BCUT2D eigenvalue weighted by Gasteiger charge is -2.33. The molecule has 1 aliphatic carbocycles. The number of piperidine rings is 1. The van der Waals surface area contributed by atoms with E-state index in [1.165, 1.54) is 55.2 Å². The number of nitrogens with two attached hydrogens (primary N) is 1. The molecule has 0 radical (unpaired) electrons. The first-order valence-corrected chi connectivity index (χ1v) is 7.81. The van der Waals surface area contributed by atoms with Crippen LogP contribution >= 0.6 is 0 Å². The number of H-pyrrole nitrogens is 1. The van der Waals surface area contributed by atoms with Gasteiger partial charge >= 0.3 is 0 Å². The molecule has 2 aliphatic rings. The minimum atomic E-state index is 0.160. The second kappa shape index (κ2) is 4.61. The molecule has 106 valence electrons. The van der Waals surface area contributed by atoms with Gasteiger partial charge in [-0.15, -0.1) is 0 Å². The molecule has 0 unspecified atom stereocenters. The molecule has 0 amide bonds. The van der Waals surface area contributed by atoms with E-state index in [0.29, 0.717) is 5.92 Å². The summed E-state index contributed by atoms with van der Waals surface area (Å²) < 4.78 is 0. The highest BCUT2D eigenvalue weighted by Gasteiger charge is 2.40. The fraction of sp³-hybridized carbons (Fsp3) is 0.529. The van der Waals surface area contributed by atoms with Gasteiger partial charge in [-0.1, -0.05) is 18.2 Å². The van der Waals surface area contributed by atoms with Crippen LogP contribution < -0.4 is 5.73 Å². The Hall–Kier alpha value is -1.32. The van der Waals surface area contributed by atoms with Crippen LogP contribution in [0.3, 0.4) is 0 Å². The van der Waals surface area contributed by atoms with Crippen molar-refractivity contribution >= 4 is 10.9 Å². The molecule has 3 heteroatoms. The first-order valence-electron chi connectivity index (χ1n) is 7.81. The largest absolute Gasteiger partial charge is 0.361 e. The summed E-state index contributed by atoms with van der Waals surface area (Å²) in [6.07, 6.45) is 7.18. The molecule has 0 atom stereocenters. The topological polar surface area (TPSA) is 45.0 Å². The minimum Gasteiger partial charge on any atom is -0.361 e. The van der Waals surface area contributed by atoms with Crippen LogP contribution in [0, 0.1) is 0 Å². The summed E-state index contributed by atoms with van der Waals surface area (Å²) in [4.78, 5) is 5.98. The van der Waals surface area contributed by atoms with E-state index < -0.39 is 0 Å². The molecule has 2 aromatic rings. The number of aromatic nitrogens is 1. The van der Waals surface area contributed by atoms with Crippen molar-refractivity contribution in [1.29, 1.82) is 0 Å². The van der Waals surface area contributed by atoms with Gasteiger partial charge in [0.15, 0.2) is 0 Å². The first-order chi connectivity index (χ1) is 9.73. The molecule has 2 fully saturated rings. The predicted molar refractivity (Wildman–Crippen MR) is 82.9 cm³/mol. The summed E-state index contributed by atoms with van der Waals surface area (Å²) in [5, 5.41) is 1.41. The van der Waals surface area contributed by atoms with Crippen molar-refractivity contribution in [2.24, 2.45) is 5.73 Å². The number of likely N-dealkylation sites (tertiary alicyclic amines) is 1. The molecule has 1 aliphatic heterocycles. The maximum atomic E-state index is 6.23. The third-order valence-corrected chi connectivity index (χ3v) is 5.08. The molecule has 2 heterocycles. The summed E-state index contributed by atoms with van der Waals surface area (Å²) in [7, 11) is 0. The molecule has 1 aromatic heterocycles. The standard InChI is InChI=1S/C17H23N3/c18-17(7-8-17)12-20-9-5-13(6-10-20)15-11-19-16-4-2-1-3-14(15)16/h1-4,11,13,19H,5-10,12,18H2. The molecule has 4 rings (SSSR count). The highest BCUT2D eigenvalue weighted by molar-refractivity contribution is 5.83. The van der Waals surface area contributed by atoms with Gasteiger partial charge in [0.2, 0.25) is 0 Å². The van der Waals surface area contributed by atoms with Gasteiger partial charge in [0.25, 0.3) is 0 Å². The van der Waals surface area contributed by atoms with Crippen molar-refractivity contribution in [2.45, 2.75) is 37.1 Å². The average Bonchev–Trinajstić information content (AvgIpc) is 3.03. The minimum absolute atomic E-state index is 0.160. The van der Waals surface area contributed by atoms with E-state index >= 15 is 0 Å². The van der Waals surface area contributed by atoms with E-state index in [1.54, 1.807) is 0 Å². The molecule has 20 heavy (non-hydrogen) atoms. The average molecular weight is 269 g/mol. The Balaban J connectivity index is 1.46. The lowest BCUT2D eigenvalue weighted by molar-refractivity contribution is 0.196. The number of rotatable bonds is 3. The van der Waals surface area contributed by atoms with E-state index in [2.05, 4.69) is 40.3 Å². The van der Waals surface area contributed by atoms with Crippen molar-refractivity contribution in [3.63, 3.8) is 0 Å². The molecule has 1 saturated carbocycles. The zero-order valence-electron chi connectivity index (χ0n) is 11.9. The van der Waals surface area contributed by atoms with Crippen LogP contribution in [0.15, 0.2) is 30.5 Å². The highest BCUT2D eigenvalue weighted by atomic mass is 15.2. The maximum absolute atomic E-state index is 6.23. The molecule has 0 spiro atoms. The first kappa shape index (κ1) is 12.4. The maximum Gasteiger partial charge on any atom is 0.0456 e. The normalized spacial score (nSPS) is 23.2. The van der Waals surface area contributed by atoms with Gasteiger partial charge < -0.3 is 15.6 Å². The molecular formula is C17H23N3.